The minimum atomic E-state index is -5.44. The van der Waals surface area contributed by atoms with Crippen LogP contribution in [-0.4, -0.2) is 128 Å². The highest BCUT2D eigenvalue weighted by atomic mass is 32.5. The first-order valence-corrected chi connectivity index (χ1v) is 16.4. The van der Waals surface area contributed by atoms with Gasteiger partial charge in [-0.25, -0.2) is 23.8 Å². The van der Waals surface area contributed by atoms with E-state index in [-0.39, 0.29) is 23.4 Å². The van der Waals surface area contributed by atoms with Gasteiger partial charge in [-0.1, -0.05) is 6.92 Å². The summed E-state index contributed by atoms with van der Waals surface area (Å²) < 4.78 is 39.4. The summed E-state index contributed by atoms with van der Waals surface area (Å²) in [5.74, 6) is 0.0991. The van der Waals surface area contributed by atoms with Gasteiger partial charge in [-0.3, -0.25) is 9.09 Å². The van der Waals surface area contributed by atoms with Gasteiger partial charge in [0.25, 0.3) is 0 Å². The molecule has 2 aliphatic heterocycles. The second kappa shape index (κ2) is 12.6. The van der Waals surface area contributed by atoms with Gasteiger partial charge in [0.2, 0.25) is 0 Å². The monoisotopic (exact) mass is 662 g/mol. The molecule has 4 heterocycles. The topological polar surface area (TPSA) is 321 Å². The number of fused-ring (bicyclic) bond motifs is 1. The van der Waals surface area contributed by atoms with Gasteiger partial charge in [-0.2, -0.15) is 0 Å². The Kier molecular flexibility index (Phi) is 10.1. The van der Waals surface area contributed by atoms with Crippen molar-refractivity contribution in [2.45, 2.75) is 74.1 Å². The van der Waals surface area contributed by atoms with Crippen molar-refractivity contribution in [3.05, 3.63) is 12.7 Å². The van der Waals surface area contributed by atoms with Crippen molar-refractivity contribution in [1.29, 1.82) is 0 Å². The van der Waals surface area contributed by atoms with Crippen molar-refractivity contribution >= 4 is 43.3 Å². The summed E-state index contributed by atoms with van der Waals surface area (Å²) in [7, 11) is -5.44. The molecule has 20 nitrogen and oxygen atoms in total. The highest BCUT2D eigenvalue weighted by Gasteiger charge is 2.55. The van der Waals surface area contributed by atoms with Gasteiger partial charge in [0.15, 0.2) is 24.0 Å². The lowest BCUT2D eigenvalue weighted by atomic mass is 9.88. The van der Waals surface area contributed by atoms with Crippen LogP contribution in [0.2, 0.25) is 0 Å². The van der Waals surface area contributed by atoms with Gasteiger partial charge in [0, 0.05) is 0 Å². The fourth-order valence-corrected chi connectivity index (χ4v) is 7.69. The molecule has 238 valence electrons. The smallest absolute Gasteiger partial charge is 0.394 e. The van der Waals surface area contributed by atoms with Crippen molar-refractivity contribution in [2.24, 2.45) is 5.73 Å². The van der Waals surface area contributed by atoms with Crippen LogP contribution in [0.3, 0.4) is 0 Å². The predicted molar refractivity (Wildman–Crippen MR) is 141 cm³/mol. The molecule has 12 atom stereocenters. The van der Waals surface area contributed by atoms with Crippen LogP contribution in [0.5, 0.6) is 0 Å². The molecular weight excluding hydrogens is 630 g/mol. The van der Waals surface area contributed by atoms with Crippen molar-refractivity contribution in [3.63, 3.8) is 0 Å². The third-order valence-electron chi connectivity index (χ3n) is 6.94. The van der Waals surface area contributed by atoms with Crippen LogP contribution in [0.4, 0.5) is 5.82 Å². The lowest BCUT2D eigenvalue weighted by Crippen LogP contribution is -2.61. The molecule has 2 fully saturated rings. The van der Waals surface area contributed by atoms with Crippen LogP contribution in [0.25, 0.3) is 11.2 Å². The number of aromatic nitrogens is 4. The first-order chi connectivity index (χ1) is 19.5. The molecule has 0 amide bonds. The number of nitrogen functional groups attached to an aromatic ring is 1. The first kappa shape index (κ1) is 33.6. The maximum absolute atomic E-state index is 12.6. The molecular formula is C19H32N6O14P2S. The number of hydrogen-bond donors (Lipinski definition) is 10. The Labute approximate surface area is 242 Å². The summed E-state index contributed by atoms with van der Waals surface area (Å²) in [4.78, 5) is 32.8. The largest absolute Gasteiger partial charge is 0.481 e. The number of nitrogens with zero attached hydrogens (tertiary/aromatic N) is 4. The molecule has 0 aliphatic carbocycles. The van der Waals surface area contributed by atoms with E-state index < -0.39 is 88.5 Å². The van der Waals surface area contributed by atoms with E-state index in [0.717, 1.165) is 0 Å². The van der Waals surface area contributed by atoms with Gasteiger partial charge < -0.3 is 65.9 Å². The van der Waals surface area contributed by atoms with E-state index in [9.17, 15) is 39.9 Å². The highest BCUT2D eigenvalue weighted by Crippen LogP contribution is 2.62. The van der Waals surface area contributed by atoms with Crippen LogP contribution in [0.15, 0.2) is 12.7 Å². The summed E-state index contributed by atoms with van der Waals surface area (Å²) in [5.41, 5.74) is 11.4. The van der Waals surface area contributed by atoms with Crippen LogP contribution < -0.4 is 11.5 Å². The van der Waals surface area contributed by atoms with E-state index in [2.05, 4.69) is 23.8 Å². The van der Waals surface area contributed by atoms with Gasteiger partial charge in [0.1, 0.15) is 54.6 Å². The second-order valence-electron chi connectivity index (χ2n) is 9.63. The molecule has 2 aliphatic rings. The predicted octanol–water partition coefficient (Wildman–Crippen LogP) is -3.70. The molecule has 2 saturated heterocycles. The Morgan fingerprint density at radius 1 is 1.17 bits per heavy atom. The number of phosphoric acid groups is 1. The van der Waals surface area contributed by atoms with Crippen molar-refractivity contribution in [2.75, 3.05) is 18.9 Å². The molecule has 7 unspecified atom stereocenters. The van der Waals surface area contributed by atoms with Crippen LogP contribution in [0, 0.1) is 0 Å². The minimum Gasteiger partial charge on any atom is -0.394 e. The maximum atomic E-state index is 12.6. The van der Waals surface area contributed by atoms with E-state index in [1.165, 1.54) is 17.2 Å². The quantitative estimate of drug-likeness (QED) is 0.103. The third kappa shape index (κ3) is 6.53. The summed E-state index contributed by atoms with van der Waals surface area (Å²) in [6.07, 6.45) is -12.8. The van der Waals surface area contributed by atoms with E-state index >= 15 is 0 Å². The summed E-state index contributed by atoms with van der Waals surface area (Å²) >= 11 is 4.79. The van der Waals surface area contributed by atoms with Gasteiger partial charge in [-0.15, -0.1) is 0 Å². The zero-order chi connectivity index (χ0) is 31.2. The zero-order valence-corrected chi connectivity index (χ0v) is 24.4. The van der Waals surface area contributed by atoms with Crippen LogP contribution >= 0.6 is 14.5 Å². The number of phosphoric ester groups is 1. The Morgan fingerprint density at radius 3 is 2.50 bits per heavy atom. The van der Waals surface area contributed by atoms with Gasteiger partial charge in [-0.05, 0) is 18.2 Å². The molecule has 0 bridgehead atoms. The van der Waals surface area contributed by atoms with E-state index in [4.69, 9.17) is 42.4 Å². The van der Waals surface area contributed by atoms with E-state index in [1.54, 1.807) is 6.92 Å². The van der Waals surface area contributed by atoms with Gasteiger partial charge in [0.05, 0.1) is 25.1 Å². The van der Waals surface area contributed by atoms with E-state index in [1.807, 2.05) is 0 Å². The fraction of sp³-hybridized carbons (Fsp3) is 0.737. The highest BCUT2D eigenvalue weighted by molar-refractivity contribution is 8.08. The molecule has 2 aromatic heterocycles. The molecule has 0 saturated carbocycles. The van der Waals surface area contributed by atoms with Crippen molar-refractivity contribution in [1.82, 2.24) is 19.5 Å². The Morgan fingerprint density at radius 2 is 1.86 bits per heavy atom. The van der Waals surface area contributed by atoms with Crippen LogP contribution in [-0.2, 0) is 39.2 Å². The number of hydrogen-bond acceptors (Lipinski definition) is 18. The fourth-order valence-electron chi connectivity index (χ4n) is 4.59. The Balaban J connectivity index is 1.43. The summed E-state index contributed by atoms with van der Waals surface area (Å²) in [5, 5.41) is 59.9. The number of ether oxygens (including phenoxy) is 2. The number of aliphatic hydroxyl groups is 6. The average Bonchev–Trinajstić information content (AvgIpc) is 3.46. The average molecular weight is 663 g/mol. The molecule has 42 heavy (non-hydrogen) atoms. The first-order valence-electron chi connectivity index (χ1n) is 12.3. The number of imidazole rings is 1. The molecule has 0 radical (unpaired) electrons. The lowest BCUT2D eigenvalue weighted by molar-refractivity contribution is -0.292. The van der Waals surface area contributed by atoms with E-state index in [0.29, 0.717) is 0 Å². The number of anilines is 1. The minimum absolute atomic E-state index is 0.0991. The molecule has 23 heteroatoms. The normalized spacial score (nSPS) is 37.4. The summed E-state index contributed by atoms with van der Waals surface area (Å²) in [6.45, 7) is -4.59. The number of aliphatic hydroxyl groups excluding tert-OH is 6. The molecule has 12 N–H and O–H groups in total. The summed E-state index contributed by atoms with van der Waals surface area (Å²) in [6, 6.07) is 0. The second-order valence-corrected chi connectivity index (χ2v) is 14.0. The lowest BCUT2D eigenvalue weighted by Gasteiger charge is -2.41. The SMILES string of the molecule is CC[C@@]1(N)[C@H](O)[C@@H](COP(O)(=S)OP(=O)(O)OC2OC([C@@H](O)CO)C(O)C(O)C2O)O[C@H]1n1cnc2c(N)ncnc21. The molecule has 0 aromatic carbocycles. The van der Waals surface area contributed by atoms with Crippen molar-refractivity contribution in [3.8, 4) is 0 Å². The standard InChI is InChI=1S/C19H32N6O14P2S/c1-2-19(21)14(31)8(36-18(19)25-6-24-9-15(20)22-5-23-16(9)25)4-35-41(34,42)39-40(32,33)38-17-12(30)10(28)11(29)13(37-17)7(27)3-26/h5-8,10-14,17-18,26-31H,2-4,21H2,1H3,(H,32,33)(H,34,42)(H2,20,22,23)/t7-,8+,10?,11?,12?,13?,14+,17?,18+,19+,41?/m0/s1. The van der Waals surface area contributed by atoms with Crippen molar-refractivity contribution < 1.29 is 67.8 Å². The zero-order valence-electron chi connectivity index (χ0n) is 21.7. The maximum Gasteiger partial charge on any atom is 0.481 e. The molecule has 4 rings (SSSR count). The number of rotatable bonds is 11. The van der Waals surface area contributed by atoms with Gasteiger partial charge >= 0.3 is 14.5 Å². The Bertz CT molecular complexity index is 1360. The molecule has 2 aromatic rings. The third-order valence-corrected chi connectivity index (χ3v) is 10.5. The molecule has 0 spiro atoms. The van der Waals surface area contributed by atoms with Crippen LogP contribution in [0.1, 0.15) is 19.6 Å². The Hall–Kier alpha value is -1.33. The number of nitrogens with two attached hydrogens (primary N) is 2.